The highest BCUT2D eigenvalue weighted by Gasteiger charge is 2.12. The molecule has 106 valence electrons. The second-order valence-electron chi connectivity index (χ2n) is 6.42. The van der Waals surface area contributed by atoms with Crippen LogP contribution >= 0.6 is 0 Å². The number of hydrogen-bond acceptors (Lipinski definition) is 1. The van der Waals surface area contributed by atoms with Crippen LogP contribution in [0, 0.1) is 0 Å². The number of nitrogens with two attached hydrogens (primary N) is 1. The number of hydrogen-bond donors (Lipinski definition) is 1. The molecule has 0 amide bonds. The minimum absolute atomic E-state index is 0.213. The molecule has 0 unspecified atom stereocenters. The minimum Gasteiger partial charge on any atom is -0.330 e. The van der Waals surface area contributed by atoms with Gasteiger partial charge in [-0.25, -0.2) is 0 Å². The van der Waals surface area contributed by atoms with Crippen molar-refractivity contribution in [3.63, 3.8) is 0 Å². The molecule has 0 spiro atoms. The van der Waals surface area contributed by atoms with Gasteiger partial charge in [-0.05, 0) is 47.1 Å². The predicted octanol–water partition coefficient (Wildman–Crippen LogP) is 4.54. The molecule has 0 radical (unpaired) electrons. The van der Waals surface area contributed by atoms with Crippen molar-refractivity contribution < 1.29 is 0 Å². The lowest BCUT2D eigenvalue weighted by molar-refractivity contribution is 0.590. The van der Waals surface area contributed by atoms with Crippen LogP contribution < -0.4 is 5.73 Å². The van der Waals surface area contributed by atoms with E-state index in [0.29, 0.717) is 0 Å². The van der Waals surface area contributed by atoms with Crippen LogP contribution in [0.4, 0.5) is 0 Å². The third kappa shape index (κ3) is 3.71. The van der Waals surface area contributed by atoms with E-state index in [1.807, 2.05) is 0 Å². The molecule has 2 aromatic rings. The quantitative estimate of drug-likeness (QED) is 0.864. The van der Waals surface area contributed by atoms with E-state index in [9.17, 15) is 0 Å². The van der Waals surface area contributed by atoms with Gasteiger partial charge in [0, 0.05) is 0 Å². The van der Waals surface area contributed by atoms with Crippen LogP contribution in [-0.4, -0.2) is 6.54 Å². The van der Waals surface area contributed by atoms with E-state index in [2.05, 4.69) is 69.3 Å². The molecule has 20 heavy (non-hydrogen) atoms. The molecule has 0 aliphatic carbocycles. The predicted molar refractivity (Wildman–Crippen MR) is 88.0 cm³/mol. The highest BCUT2D eigenvalue weighted by molar-refractivity contribution is 5.64. The van der Waals surface area contributed by atoms with E-state index in [0.717, 1.165) is 19.4 Å². The Bertz CT molecular complexity index is 529. The zero-order valence-electron chi connectivity index (χ0n) is 12.8. The van der Waals surface area contributed by atoms with Crippen LogP contribution in [0.2, 0.25) is 0 Å². The van der Waals surface area contributed by atoms with Gasteiger partial charge in [-0.15, -0.1) is 0 Å². The van der Waals surface area contributed by atoms with Crippen molar-refractivity contribution in [2.24, 2.45) is 5.73 Å². The second kappa shape index (κ2) is 6.23. The molecular formula is C19H25N. The van der Waals surface area contributed by atoms with Crippen LogP contribution in [-0.2, 0) is 11.8 Å². The topological polar surface area (TPSA) is 26.0 Å². The number of rotatable bonds is 4. The first-order valence-corrected chi connectivity index (χ1v) is 7.40. The van der Waals surface area contributed by atoms with Gasteiger partial charge in [-0.2, -0.15) is 0 Å². The molecule has 2 N–H and O–H groups in total. The Morgan fingerprint density at radius 2 is 1.30 bits per heavy atom. The normalized spacial score (nSPS) is 11.6. The molecule has 0 aliphatic rings. The Morgan fingerprint density at radius 3 is 1.75 bits per heavy atom. The fraction of sp³-hybridized carbons (Fsp3) is 0.368. The Labute approximate surface area is 122 Å². The number of aryl methyl sites for hydroxylation is 1. The van der Waals surface area contributed by atoms with Crippen molar-refractivity contribution in [1.29, 1.82) is 0 Å². The number of benzene rings is 2. The third-order valence-corrected chi connectivity index (χ3v) is 3.71. The molecule has 0 aliphatic heterocycles. The smallest absolute Gasteiger partial charge is 0.00741 e. The van der Waals surface area contributed by atoms with Crippen molar-refractivity contribution in [2.45, 2.75) is 39.0 Å². The summed E-state index contributed by atoms with van der Waals surface area (Å²) in [6, 6.07) is 17.7. The summed E-state index contributed by atoms with van der Waals surface area (Å²) in [5.41, 5.74) is 11.1. The van der Waals surface area contributed by atoms with Gasteiger partial charge in [0.25, 0.3) is 0 Å². The maximum absolute atomic E-state index is 5.55. The summed E-state index contributed by atoms with van der Waals surface area (Å²) in [5, 5.41) is 0. The van der Waals surface area contributed by atoms with Crippen molar-refractivity contribution in [3.05, 3.63) is 59.7 Å². The van der Waals surface area contributed by atoms with Crippen LogP contribution in [0.1, 0.15) is 38.3 Å². The standard InChI is InChI=1S/C19H25N/c1-19(2,3)18-12-10-17(11-13-18)16-8-6-15(7-9-16)5-4-14-20/h6-13H,4-5,14,20H2,1-3H3. The van der Waals surface area contributed by atoms with Crippen LogP contribution in [0.5, 0.6) is 0 Å². The van der Waals surface area contributed by atoms with E-state index in [1.54, 1.807) is 0 Å². The fourth-order valence-electron chi connectivity index (χ4n) is 2.33. The lowest BCUT2D eigenvalue weighted by Crippen LogP contribution is -2.10. The van der Waals surface area contributed by atoms with Crippen molar-refractivity contribution in [2.75, 3.05) is 6.54 Å². The molecule has 0 bridgehead atoms. The molecule has 0 heterocycles. The van der Waals surface area contributed by atoms with E-state index in [1.165, 1.54) is 22.3 Å². The van der Waals surface area contributed by atoms with Crippen molar-refractivity contribution in [1.82, 2.24) is 0 Å². The zero-order chi connectivity index (χ0) is 14.6. The summed E-state index contributed by atoms with van der Waals surface area (Å²) < 4.78 is 0. The van der Waals surface area contributed by atoms with Crippen LogP contribution in [0.25, 0.3) is 11.1 Å². The molecule has 2 aromatic carbocycles. The molecule has 0 saturated heterocycles. The third-order valence-electron chi connectivity index (χ3n) is 3.71. The van der Waals surface area contributed by atoms with Gasteiger partial charge in [-0.1, -0.05) is 69.3 Å². The maximum atomic E-state index is 5.55. The summed E-state index contributed by atoms with van der Waals surface area (Å²) in [5.74, 6) is 0. The molecule has 0 saturated carbocycles. The lowest BCUT2D eigenvalue weighted by Gasteiger charge is -2.19. The molecule has 1 heteroatoms. The molecule has 0 atom stereocenters. The van der Waals surface area contributed by atoms with Crippen LogP contribution in [0.3, 0.4) is 0 Å². The first-order chi connectivity index (χ1) is 9.50. The average molecular weight is 267 g/mol. The average Bonchev–Trinajstić information content (AvgIpc) is 2.45. The van der Waals surface area contributed by atoms with E-state index in [-0.39, 0.29) is 5.41 Å². The summed E-state index contributed by atoms with van der Waals surface area (Å²) in [6.45, 7) is 7.49. The molecule has 1 nitrogen and oxygen atoms in total. The van der Waals surface area contributed by atoms with E-state index in [4.69, 9.17) is 5.73 Å². The minimum atomic E-state index is 0.213. The highest BCUT2D eigenvalue weighted by atomic mass is 14.5. The van der Waals surface area contributed by atoms with Gasteiger partial charge in [0.15, 0.2) is 0 Å². The molecular weight excluding hydrogens is 242 g/mol. The Morgan fingerprint density at radius 1 is 0.800 bits per heavy atom. The molecule has 0 aromatic heterocycles. The monoisotopic (exact) mass is 267 g/mol. The largest absolute Gasteiger partial charge is 0.330 e. The van der Waals surface area contributed by atoms with Crippen molar-refractivity contribution in [3.8, 4) is 11.1 Å². The van der Waals surface area contributed by atoms with E-state index < -0.39 is 0 Å². The summed E-state index contributed by atoms with van der Waals surface area (Å²) in [6.07, 6.45) is 2.12. The maximum Gasteiger partial charge on any atom is -0.00741 e. The first kappa shape index (κ1) is 14.8. The van der Waals surface area contributed by atoms with Gasteiger partial charge < -0.3 is 5.73 Å². The van der Waals surface area contributed by atoms with Gasteiger partial charge in [0.05, 0.1) is 0 Å². The molecule has 0 fully saturated rings. The highest BCUT2D eigenvalue weighted by Crippen LogP contribution is 2.26. The van der Waals surface area contributed by atoms with Gasteiger partial charge in [0.2, 0.25) is 0 Å². The summed E-state index contributed by atoms with van der Waals surface area (Å²) in [4.78, 5) is 0. The van der Waals surface area contributed by atoms with Crippen molar-refractivity contribution >= 4 is 0 Å². The first-order valence-electron chi connectivity index (χ1n) is 7.40. The fourth-order valence-corrected chi connectivity index (χ4v) is 2.33. The van der Waals surface area contributed by atoms with Gasteiger partial charge in [-0.3, -0.25) is 0 Å². The van der Waals surface area contributed by atoms with E-state index >= 15 is 0 Å². The Hall–Kier alpha value is -1.60. The van der Waals surface area contributed by atoms with Crippen LogP contribution in [0.15, 0.2) is 48.5 Å². The summed E-state index contributed by atoms with van der Waals surface area (Å²) >= 11 is 0. The second-order valence-corrected chi connectivity index (χ2v) is 6.42. The van der Waals surface area contributed by atoms with Gasteiger partial charge >= 0.3 is 0 Å². The summed E-state index contributed by atoms with van der Waals surface area (Å²) in [7, 11) is 0. The zero-order valence-corrected chi connectivity index (χ0v) is 12.8. The Balaban J connectivity index is 2.15. The lowest BCUT2D eigenvalue weighted by atomic mass is 9.86. The molecule has 2 rings (SSSR count). The van der Waals surface area contributed by atoms with Gasteiger partial charge in [0.1, 0.15) is 0 Å². The Kier molecular flexibility index (Phi) is 4.61. The SMILES string of the molecule is CC(C)(C)c1ccc(-c2ccc(CCCN)cc2)cc1.